The predicted octanol–water partition coefficient (Wildman–Crippen LogP) is 5.30. The van der Waals surface area contributed by atoms with Gasteiger partial charge in [-0.15, -0.1) is 0 Å². The van der Waals surface area contributed by atoms with E-state index >= 15 is 0 Å². The molecule has 2 aromatic rings. The molecule has 0 saturated carbocycles. The molecule has 0 aliphatic carbocycles. The van der Waals surface area contributed by atoms with Crippen molar-refractivity contribution < 1.29 is 9.13 Å². The predicted molar refractivity (Wildman–Crippen MR) is 88.4 cm³/mol. The van der Waals surface area contributed by atoms with Gasteiger partial charge in [0.25, 0.3) is 0 Å². The lowest BCUT2D eigenvalue weighted by Gasteiger charge is -2.14. The Hall–Kier alpha value is -1.55. The Morgan fingerprint density at radius 1 is 1.19 bits per heavy atom. The van der Waals surface area contributed by atoms with Gasteiger partial charge >= 0.3 is 0 Å². The van der Waals surface area contributed by atoms with Gasteiger partial charge in [0.2, 0.25) is 0 Å². The van der Waals surface area contributed by atoms with E-state index in [1.165, 1.54) is 12.1 Å². The first-order valence-electron chi connectivity index (χ1n) is 7.01. The Kier molecular flexibility index (Phi) is 5.62. The van der Waals surface area contributed by atoms with Crippen molar-refractivity contribution in [3.05, 3.63) is 57.8 Å². The summed E-state index contributed by atoms with van der Waals surface area (Å²) in [5.41, 5.74) is 2.89. The largest absolute Gasteiger partial charge is 0.493 e. The lowest BCUT2D eigenvalue weighted by atomic mass is 10.1. The van der Waals surface area contributed by atoms with Crippen LogP contribution in [0, 0.1) is 12.7 Å². The number of aryl methyl sites for hydroxylation is 1. The Morgan fingerprint density at radius 2 is 2.00 bits per heavy atom. The molecule has 1 N–H and O–H groups in total. The standard InChI is InChI=1S/C17H19BrFNO/c1-3-8-21-17-7-4-14(18)10-13(17)11-20-16-6-5-15(19)9-12(16)2/h4-7,9-10,20H,3,8,11H2,1-2H3. The zero-order valence-corrected chi connectivity index (χ0v) is 13.8. The van der Waals surface area contributed by atoms with Crippen LogP contribution >= 0.6 is 15.9 Å². The highest BCUT2D eigenvalue weighted by atomic mass is 79.9. The molecular formula is C17H19BrFNO. The molecule has 2 aromatic carbocycles. The van der Waals surface area contributed by atoms with E-state index in [1.807, 2.05) is 25.1 Å². The summed E-state index contributed by atoms with van der Waals surface area (Å²) < 4.78 is 19.9. The van der Waals surface area contributed by atoms with Crippen LogP contribution in [0.15, 0.2) is 40.9 Å². The van der Waals surface area contributed by atoms with E-state index in [9.17, 15) is 4.39 Å². The normalized spacial score (nSPS) is 10.5. The summed E-state index contributed by atoms with van der Waals surface area (Å²) in [7, 11) is 0. The maximum atomic E-state index is 13.1. The average Bonchev–Trinajstić information content (AvgIpc) is 2.45. The van der Waals surface area contributed by atoms with E-state index in [1.54, 1.807) is 6.07 Å². The third-order valence-corrected chi connectivity index (χ3v) is 3.64. The van der Waals surface area contributed by atoms with E-state index in [2.05, 4.69) is 28.2 Å². The first kappa shape index (κ1) is 15.8. The fourth-order valence-electron chi connectivity index (χ4n) is 2.05. The fraction of sp³-hybridized carbons (Fsp3) is 0.294. The van der Waals surface area contributed by atoms with Crippen LogP contribution in [0.3, 0.4) is 0 Å². The molecule has 0 aliphatic heterocycles. The minimum atomic E-state index is -0.215. The molecule has 0 spiro atoms. The molecule has 0 atom stereocenters. The zero-order chi connectivity index (χ0) is 15.2. The lowest BCUT2D eigenvalue weighted by molar-refractivity contribution is 0.314. The Balaban J connectivity index is 2.12. The number of nitrogens with one attached hydrogen (secondary N) is 1. The van der Waals surface area contributed by atoms with Crippen LogP contribution in [0.2, 0.25) is 0 Å². The van der Waals surface area contributed by atoms with Crippen LogP contribution in [0.25, 0.3) is 0 Å². The molecule has 4 heteroatoms. The number of halogens is 2. The van der Waals surface area contributed by atoms with Crippen LogP contribution in [0.5, 0.6) is 5.75 Å². The van der Waals surface area contributed by atoms with E-state index < -0.39 is 0 Å². The van der Waals surface area contributed by atoms with Gasteiger partial charge in [0.1, 0.15) is 11.6 Å². The zero-order valence-electron chi connectivity index (χ0n) is 12.2. The van der Waals surface area contributed by atoms with Crippen LogP contribution in [-0.2, 0) is 6.54 Å². The van der Waals surface area contributed by atoms with E-state index in [-0.39, 0.29) is 5.82 Å². The maximum Gasteiger partial charge on any atom is 0.124 e. The molecule has 0 aliphatic rings. The first-order chi connectivity index (χ1) is 10.1. The van der Waals surface area contributed by atoms with Crippen LogP contribution < -0.4 is 10.1 Å². The summed E-state index contributed by atoms with van der Waals surface area (Å²) in [5.74, 6) is 0.666. The van der Waals surface area contributed by atoms with Crippen molar-refractivity contribution in [2.45, 2.75) is 26.8 Å². The highest BCUT2D eigenvalue weighted by Gasteiger charge is 2.06. The van der Waals surface area contributed by atoms with Crippen molar-refractivity contribution in [1.29, 1.82) is 0 Å². The second-order valence-electron chi connectivity index (χ2n) is 4.91. The van der Waals surface area contributed by atoms with Crippen LogP contribution in [0.4, 0.5) is 10.1 Å². The summed E-state index contributed by atoms with van der Waals surface area (Å²) in [4.78, 5) is 0. The molecule has 0 unspecified atom stereocenters. The van der Waals surface area contributed by atoms with Crippen LogP contribution in [0.1, 0.15) is 24.5 Å². The van der Waals surface area contributed by atoms with Crippen molar-refractivity contribution in [2.24, 2.45) is 0 Å². The number of rotatable bonds is 6. The van der Waals surface area contributed by atoms with Gasteiger partial charge in [0.15, 0.2) is 0 Å². The highest BCUT2D eigenvalue weighted by Crippen LogP contribution is 2.25. The van der Waals surface area contributed by atoms with Crippen molar-refractivity contribution in [1.82, 2.24) is 0 Å². The molecule has 0 saturated heterocycles. The van der Waals surface area contributed by atoms with Gasteiger partial charge in [-0.1, -0.05) is 22.9 Å². The summed E-state index contributed by atoms with van der Waals surface area (Å²) in [6, 6.07) is 10.7. The van der Waals surface area contributed by atoms with Gasteiger partial charge < -0.3 is 10.1 Å². The van der Waals surface area contributed by atoms with Gasteiger partial charge in [-0.25, -0.2) is 4.39 Å². The van der Waals surface area contributed by atoms with Crippen LogP contribution in [-0.4, -0.2) is 6.61 Å². The maximum absolute atomic E-state index is 13.1. The fourth-order valence-corrected chi connectivity index (χ4v) is 2.46. The second-order valence-corrected chi connectivity index (χ2v) is 5.83. The van der Waals surface area contributed by atoms with Crippen molar-refractivity contribution in [3.8, 4) is 5.75 Å². The molecule has 0 heterocycles. The summed E-state index contributed by atoms with van der Waals surface area (Å²) in [6.07, 6.45) is 0.972. The van der Waals surface area contributed by atoms with Gasteiger partial charge in [0, 0.05) is 22.3 Å². The smallest absolute Gasteiger partial charge is 0.124 e. The number of ether oxygens (including phenoxy) is 1. The minimum Gasteiger partial charge on any atom is -0.493 e. The second kappa shape index (κ2) is 7.46. The summed E-state index contributed by atoms with van der Waals surface area (Å²) in [5, 5.41) is 3.33. The van der Waals surface area contributed by atoms with E-state index in [4.69, 9.17) is 4.74 Å². The molecule has 0 aromatic heterocycles. The molecule has 0 amide bonds. The highest BCUT2D eigenvalue weighted by molar-refractivity contribution is 9.10. The number of hydrogen-bond donors (Lipinski definition) is 1. The van der Waals surface area contributed by atoms with E-state index in [0.717, 1.165) is 33.5 Å². The van der Waals surface area contributed by atoms with Crippen molar-refractivity contribution >= 4 is 21.6 Å². The lowest BCUT2D eigenvalue weighted by Crippen LogP contribution is -2.05. The Bertz CT molecular complexity index is 616. The van der Waals surface area contributed by atoms with Crippen molar-refractivity contribution in [3.63, 3.8) is 0 Å². The SMILES string of the molecule is CCCOc1ccc(Br)cc1CNc1ccc(F)cc1C. The minimum absolute atomic E-state index is 0.215. The number of benzene rings is 2. The summed E-state index contributed by atoms with van der Waals surface area (Å²) >= 11 is 3.48. The molecule has 2 nitrogen and oxygen atoms in total. The first-order valence-corrected chi connectivity index (χ1v) is 7.80. The molecule has 2 rings (SSSR count). The molecule has 0 radical (unpaired) electrons. The number of anilines is 1. The monoisotopic (exact) mass is 351 g/mol. The van der Waals surface area contributed by atoms with Gasteiger partial charge in [-0.3, -0.25) is 0 Å². The molecule has 21 heavy (non-hydrogen) atoms. The topological polar surface area (TPSA) is 21.3 Å². The Labute approximate surface area is 133 Å². The average molecular weight is 352 g/mol. The third kappa shape index (κ3) is 4.46. The van der Waals surface area contributed by atoms with Crippen molar-refractivity contribution in [2.75, 3.05) is 11.9 Å². The summed E-state index contributed by atoms with van der Waals surface area (Å²) in [6.45, 7) is 5.30. The van der Waals surface area contributed by atoms with Gasteiger partial charge in [0.05, 0.1) is 6.61 Å². The number of hydrogen-bond acceptors (Lipinski definition) is 2. The molecule has 0 fully saturated rings. The van der Waals surface area contributed by atoms with Gasteiger partial charge in [-0.05, 0) is 55.3 Å². The molecular weight excluding hydrogens is 333 g/mol. The quantitative estimate of drug-likeness (QED) is 0.762. The molecule has 112 valence electrons. The van der Waals surface area contributed by atoms with E-state index in [0.29, 0.717) is 13.2 Å². The van der Waals surface area contributed by atoms with Gasteiger partial charge in [-0.2, -0.15) is 0 Å². The third-order valence-electron chi connectivity index (χ3n) is 3.14. The Morgan fingerprint density at radius 3 is 2.71 bits per heavy atom. The molecule has 0 bridgehead atoms.